The van der Waals surface area contributed by atoms with Crippen LogP contribution < -0.4 is 22.6 Å². The third-order valence-electron chi connectivity index (χ3n) is 5.43. The van der Waals surface area contributed by atoms with Gasteiger partial charge in [-0.3, -0.25) is 0 Å². The molecule has 0 radical (unpaired) electrons. The van der Waals surface area contributed by atoms with Crippen molar-refractivity contribution in [2.75, 3.05) is 33.3 Å². The molecule has 0 aliphatic carbocycles. The predicted molar refractivity (Wildman–Crippen MR) is 151 cm³/mol. The first kappa shape index (κ1) is 29.9. The number of methoxy groups -OCH3 is 2. The SMILES string of the molecule is COc1cc(-c2ccc(C)cc2)c(OC)c(OS(C)(=O)=O)c1-c1ccc(OCC=C(C)C)c(OS(C)(=O)=O)c1. The molecule has 210 valence electrons. The van der Waals surface area contributed by atoms with Gasteiger partial charge in [-0.2, -0.15) is 16.8 Å². The second kappa shape index (κ2) is 12.0. The maximum Gasteiger partial charge on any atom is 0.306 e. The van der Waals surface area contributed by atoms with Gasteiger partial charge in [-0.05, 0) is 56.2 Å². The molecular weight excluding hydrogens is 544 g/mol. The first-order valence-corrected chi connectivity index (χ1v) is 15.4. The van der Waals surface area contributed by atoms with Crippen LogP contribution in [0.15, 0.2) is 60.2 Å². The van der Waals surface area contributed by atoms with Crippen molar-refractivity contribution in [3.63, 3.8) is 0 Å². The molecule has 0 aliphatic rings. The molecule has 0 bridgehead atoms. The van der Waals surface area contributed by atoms with E-state index in [9.17, 15) is 16.8 Å². The Hall–Kier alpha value is -3.70. The number of aryl methyl sites for hydroxylation is 1. The maximum absolute atomic E-state index is 12.4. The van der Waals surface area contributed by atoms with E-state index in [2.05, 4.69) is 0 Å². The van der Waals surface area contributed by atoms with Gasteiger partial charge in [0.2, 0.25) is 0 Å². The number of hydrogen-bond acceptors (Lipinski definition) is 9. The largest absolute Gasteiger partial charge is 0.496 e. The normalized spacial score (nSPS) is 11.5. The summed E-state index contributed by atoms with van der Waals surface area (Å²) in [6.07, 6.45) is 3.66. The highest BCUT2D eigenvalue weighted by Crippen LogP contribution is 2.51. The highest BCUT2D eigenvalue weighted by molar-refractivity contribution is 7.86. The Balaban J connectivity index is 2.33. The lowest BCUT2D eigenvalue weighted by atomic mass is 9.96. The quantitative estimate of drug-likeness (QED) is 0.220. The molecule has 0 saturated heterocycles. The van der Waals surface area contributed by atoms with Gasteiger partial charge in [-0.1, -0.05) is 41.5 Å². The fourth-order valence-electron chi connectivity index (χ4n) is 3.74. The van der Waals surface area contributed by atoms with Gasteiger partial charge in [0.1, 0.15) is 12.4 Å². The average Bonchev–Trinajstić information content (AvgIpc) is 2.82. The van der Waals surface area contributed by atoms with E-state index in [1.54, 1.807) is 12.1 Å². The van der Waals surface area contributed by atoms with Gasteiger partial charge in [-0.15, -0.1) is 0 Å². The zero-order valence-electron chi connectivity index (χ0n) is 22.9. The van der Waals surface area contributed by atoms with Crippen molar-refractivity contribution in [1.29, 1.82) is 0 Å². The molecule has 3 aromatic rings. The van der Waals surface area contributed by atoms with E-state index in [0.29, 0.717) is 11.1 Å². The first-order valence-electron chi connectivity index (χ1n) is 11.8. The highest BCUT2D eigenvalue weighted by Gasteiger charge is 2.27. The molecule has 0 N–H and O–H groups in total. The fourth-order valence-corrected chi connectivity index (χ4v) is 4.66. The summed E-state index contributed by atoms with van der Waals surface area (Å²) in [6, 6.07) is 13.8. The number of benzene rings is 3. The molecule has 0 saturated carbocycles. The lowest BCUT2D eigenvalue weighted by Crippen LogP contribution is -2.10. The van der Waals surface area contributed by atoms with Crippen molar-refractivity contribution in [3.05, 3.63) is 65.7 Å². The first-order chi connectivity index (χ1) is 18.2. The summed E-state index contributed by atoms with van der Waals surface area (Å²) in [7, 11) is -5.13. The second-order valence-electron chi connectivity index (χ2n) is 9.06. The minimum Gasteiger partial charge on any atom is -0.496 e. The topological polar surface area (TPSA) is 114 Å². The molecule has 0 aromatic heterocycles. The van der Waals surface area contributed by atoms with Crippen LogP contribution in [0, 0.1) is 6.92 Å². The van der Waals surface area contributed by atoms with Crippen molar-refractivity contribution >= 4 is 20.2 Å². The molecule has 0 aliphatic heterocycles. The molecule has 0 amide bonds. The fraction of sp³-hybridized carbons (Fsp3) is 0.286. The molecule has 9 nitrogen and oxygen atoms in total. The van der Waals surface area contributed by atoms with Crippen molar-refractivity contribution in [3.8, 4) is 51.0 Å². The maximum atomic E-state index is 12.4. The average molecular weight is 577 g/mol. The van der Waals surface area contributed by atoms with Crippen LogP contribution >= 0.6 is 0 Å². The summed E-state index contributed by atoms with van der Waals surface area (Å²) in [4.78, 5) is 0. The minimum atomic E-state index is -4.03. The number of rotatable bonds is 11. The highest BCUT2D eigenvalue weighted by atomic mass is 32.2. The van der Waals surface area contributed by atoms with Crippen LogP contribution in [0.25, 0.3) is 22.3 Å². The summed E-state index contributed by atoms with van der Waals surface area (Å²) in [5, 5.41) is 0. The lowest BCUT2D eigenvalue weighted by molar-refractivity contribution is 0.347. The van der Waals surface area contributed by atoms with Crippen molar-refractivity contribution < 1.29 is 39.4 Å². The van der Waals surface area contributed by atoms with E-state index in [1.807, 2.05) is 51.1 Å². The zero-order chi connectivity index (χ0) is 29.0. The van der Waals surface area contributed by atoms with E-state index < -0.39 is 20.2 Å². The molecular formula is C28H32O9S2. The van der Waals surface area contributed by atoms with Crippen LogP contribution in [0.2, 0.25) is 0 Å². The Morgan fingerprint density at radius 2 is 1.36 bits per heavy atom. The molecule has 0 fully saturated rings. The summed E-state index contributed by atoms with van der Waals surface area (Å²) in [5.74, 6) is 0.363. The van der Waals surface area contributed by atoms with Gasteiger partial charge in [0.25, 0.3) is 0 Å². The summed E-state index contributed by atoms with van der Waals surface area (Å²) in [6.45, 7) is 5.95. The number of ether oxygens (including phenoxy) is 3. The van der Waals surface area contributed by atoms with E-state index >= 15 is 0 Å². The third kappa shape index (κ3) is 7.90. The zero-order valence-corrected chi connectivity index (χ0v) is 24.5. The van der Waals surface area contributed by atoms with Gasteiger partial charge in [0.15, 0.2) is 23.0 Å². The molecule has 39 heavy (non-hydrogen) atoms. The molecule has 0 heterocycles. The van der Waals surface area contributed by atoms with Crippen LogP contribution in [-0.2, 0) is 20.2 Å². The van der Waals surface area contributed by atoms with Gasteiger partial charge >= 0.3 is 20.2 Å². The minimum absolute atomic E-state index is 0.0916. The van der Waals surface area contributed by atoms with E-state index in [-0.39, 0.29) is 40.9 Å². The van der Waals surface area contributed by atoms with Gasteiger partial charge in [-0.25, -0.2) is 0 Å². The van der Waals surface area contributed by atoms with Crippen LogP contribution in [-0.4, -0.2) is 50.2 Å². The Kier molecular flexibility index (Phi) is 9.18. The lowest BCUT2D eigenvalue weighted by Gasteiger charge is -2.21. The van der Waals surface area contributed by atoms with Crippen LogP contribution in [0.5, 0.6) is 28.7 Å². The Morgan fingerprint density at radius 1 is 0.744 bits per heavy atom. The van der Waals surface area contributed by atoms with Gasteiger partial charge < -0.3 is 22.6 Å². The van der Waals surface area contributed by atoms with Crippen molar-refractivity contribution in [2.45, 2.75) is 20.8 Å². The van der Waals surface area contributed by atoms with Gasteiger partial charge in [0, 0.05) is 5.56 Å². The molecule has 0 atom stereocenters. The Labute approximate surface area is 230 Å². The molecule has 3 rings (SSSR count). The van der Waals surface area contributed by atoms with Crippen LogP contribution in [0.4, 0.5) is 0 Å². The van der Waals surface area contributed by atoms with Crippen molar-refractivity contribution in [2.24, 2.45) is 0 Å². The molecule has 3 aromatic carbocycles. The number of allylic oxidation sites excluding steroid dienone is 1. The second-order valence-corrected chi connectivity index (χ2v) is 12.2. The Morgan fingerprint density at radius 3 is 1.90 bits per heavy atom. The van der Waals surface area contributed by atoms with E-state index in [4.69, 9.17) is 22.6 Å². The summed E-state index contributed by atoms with van der Waals surface area (Å²) >= 11 is 0. The number of hydrogen-bond donors (Lipinski definition) is 0. The van der Waals surface area contributed by atoms with Crippen LogP contribution in [0.1, 0.15) is 19.4 Å². The van der Waals surface area contributed by atoms with E-state index in [1.165, 1.54) is 26.4 Å². The molecule has 0 spiro atoms. The van der Waals surface area contributed by atoms with E-state index in [0.717, 1.165) is 29.2 Å². The smallest absolute Gasteiger partial charge is 0.306 e. The van der Waals surface area contributed by atoms with Crippen LogP contribution in [0.3, 0.4) is 0 Å². The molecule has 11 heteroatoms. The van der Waals surface area contributed by atoms with Crippen molar-refractivity contribution in [1.82, 2.24) is 0 Å². The summed E-state index contributed by atoms with van der Waals surface area (Å²) in [5.41, 5.74) is 3.89. The molecule has 0 unspecified atom stereocenters. The Bertz CT molecular complexity index is 1580. The van der Waals surface area contributed by atoms with Gasteiger partial charge in [0.05, 0.1) is 32.3 Å². The monoisotopic (exact) mass is 576 g/mol. The standard InChI is InChI=1S/C28H32O9S2/c1-18(2)14-15-35-23-13-12-21(16-24(23)36-38(6,29)30)26-25(33-4)17-22(20-10-8-19(3)9-11-20)27(34-5)28(26)37-39(7,31)32/h8-14,16-17H,15H2,1-7H3. The third-order valence-corrected chi connectivity index (χ3v) is 6.38. The summed E-state index contributed by atoms with van der Waals surface area (Å²) < 4.78 is 76.6. The predicted octanol–water partition coefficient (Wildman–Crippen LogP) is 5.37.